The van der Waals surface area contributed by atoms with E-state index in [1.54, 1.807) is 19.3 Å². The van der Waals surface area contributed by atoms with Crippen LogP contribution in [0.1, 0.15) is 50.8 Å². The highest BCUT2D eigenvalue weighted by molar-refractivity contribution is 5.79. The van der Waals surface area contributed by atoms with E-state index in [-0.39, 0.29) is 11.2 Å². The van der Waals surface area contributed by atoms with Gasteiger partial charge in [0, 0.05) is 31.1 Å². The summed E-state index contributed by atoms with van der Waals surface area (Å²) in [7, 11) is 1.77. The summed E-state index contributed by atoms with van der Waals surface area (Å²) in [5.74, 6) is 2.75. The minimum absolute atomic E-state index is 0.0493. The largest absolute Gasteiger partial charge is 0.443 e. The summed E-state index contributed by atoms with van der Waals surface area (Å²) >= 11 is 0. The van der Waals surface area contributed by atoms with E-state index in [0.717, 1.165) is 49.8 Å². The Kier molecular flexibility index (Phi) is 7.48. The van der Waals surface area contributed by atoms with Gasteiger partial charge in [-0.05, 0) is 37.9 Å². The summed E-state index contributed by atoms with van der Waals surface area (Å²) in [6.45, 7) is 10.3. The maximum absolute atomic E-state index is 13.9. The molecule has 0 atom stereocenters. The molecule has 1 aliphatic heterocycles. The Bertz CT molecular complexity index is 834. The zero-order valence-electron chi connectivity index (χ0n) is 18.5. The topological polar surface area (TPSA) is 65.7 Å². The van der Waals surface area contributed by atoms with Crippen LogP contribution in [0.5, 0.6) is 0 Å². The Morgan fingerprint density at radius 2 is 1.97 bits per heavy atom. The first-order valence-corrected chi connectivity index (χ1v) is 10.7. The SMILES string of the molecule is CN=C(NCc1ncc(C(C)(C)C)o1)NCC1CCN(Cc2ccccc2F)CC1. The number of aliphatic imine (C=N–C) groups is 1. The van der Waals surface area contributed by atoms with Gasteiger partial charge in [0.15, 0.2) is 5.96 Å². The first kappa shape index (κ1) is 22.3. The number of halogens is 1. The zero-order valence-corrected chi connectivity index (χ0v) is 18.5. The highest BCUT2D eigenvalue weighted by Gasteiger charge is 2.21. The number of nitrogens with one attached hydrogen (secondary N) is 2. The predicted molar refractivity (Wildman–Crippen MR) is 118 cm³/mol. The van der Waals surface area contributed by atoms with Crippen molar-refractivity contribution in [1.29, 1.82) is 0 Å². The minimum Gasteiger partial charge on any atom is -0.443 e. The summed E-state index contributed by atoms with van der Waals surface area (Å²) in [5, 5.41) is 6.68. The van der Waals surface area contributed by atoms with Gasteiger partial charge in [0.25, 0.3) is 0 Å². The molecule has 0 unspecified atom stereocenters. The molecule has 0 saturated carbocycles. The van der Waals surface area contributed by atoms with E-state index < -0.39 is 0 Å². The van der Waals surface area contributed by atoms with Gasteiger partial charge in [-0.25, -0.2) is 9.37 Å². The molecule has 1 aromatic carbocycles. The smallest absolute Gasteiger partial charge is 0.213 e. The van der Waals surface area contributed by atoms with Crippen LogP contribution in [0.25, 0.3) is 0 Å². The predicted octanol–water partition coefficient (Wildman–Crippen LogP) is 3.69. The van der Waals surface area contributed by atoms with Crippen molar-refractivity contribution in [2.45, 2.75) is 52.1 Å². The lowest BCUT2D eigenvalue weighted by molar-refractivity contribution is 0.176. The number of guanidine groups is 1. The van der Waals surface area contributed by atoms with Crippen LogP contribution in [0.2, 0.25) is 0 Å². The molecule has 30 heavy (non-hydrogen) atoms. The lowest BCUT2D eigenvalue weighted by atomic mass is 9.94. The van der Waals surface area contributed by atoms with Crippen molar-refractivity contribution in [3.63, 3.8) is 0 Å². The third kappa shape index (κ3) is 6.29. The van der Waals surface area contributed by atoms with E-state index in [1.807, 2.05) is 12.1 Å². The average molecular weight is 416 g/mol. The molecule has 1 saturated heterocycles. The fraction of sp³-hybridized carbons (Fsp3) is 0.565. The molecule has 3 rings (SSSR count). The molecular formula is C23H34FN5O. The van der Waals surface area contributed by atoms with E-state index in [9.17, 15) is 4.39 Å². The van der Waals surface area contributed by atoms with Crippen LogP contribution in [-0.2, 0) is 18.5 Å². The lowest BCUT2D eigenvalue weighted by Gasteiger charge is -2.32. The molecule has 1 fully saturated rings. The van der Waals surface area contributed by atoms with E-state index in [1.165, 1.54) is 6.07 Å². The van der Waals surface area contributed by atoms with Crippen LogP contribution in [0, 0.1) is 11.7 Å². The van der Waals surface area contributed by atoms with Crippen LogP contribution in [0.15, 0.2) is 39.9 Å². The van der Waals surface area contributed by atoms with Gasteiger partial charge >= 0.3 is 0 Å². The molecule has 0 amide bonds. The maximum atomic E-state index is 13.9. The zero-order chi connectivity index (χ0) is 21.6. The Labute approximate surface area is 179 Å². The van der Waals surface area contributed by atoms with Gasteiger partial charge in [-0.15, -0.1) is 0 Å². The third-order valence-corrected chi connectivity index (χ3v) is 5.54. The third-order valence-electron chi connectivity index (χ3n) is 5.54. The van der Waals surface area contributed by atoms with Crippen LogP contribution in [0.3, 0.4) is 0 Å². The molecule has 7 heteroatoms. The fourth-order valence-corrected chi connectivity index (χ4v) is 3.58. The number of benzene rings is 1. The van der Waals surface area contributed by atoms with Crippen molar-refractivity contribution in [2.24, 2.45) is 10.9 Å². The highest BCUT2D eigenvalue weighted by atomic mass is 19.1. The van der Waals surface area contributed by atoms with Gasteiger partial charge in [0.2, 0.25) is 5.89 Å². The number of piperidine rings is 1. The van der Waals surface area contributed by atoms with Gasteiger partial charge in [0.05, 0.1) is 12.7 Å². The van der Waals surface area contributed by atoms with Crippen LogP contribution in [0.4, 0.5) is 4.39 Å². The summed E-state index contributed by atoms with van der Waals surface area (Å²) < 4.78 is 19.7. The first-order chi connectivity index (χ1) is 14.3. The fourth-order valence-electron chi connectivity index (χ4n) is 3.58. The number of nitrogens with zero attached hydrogens (tertiary/aromatic N) is 3. The first-order valence-electron chi connectivity index (χ1n) is 10.7. The van der Waals surface area contributed by atoms with Gasteiger partial charge in [-0.1, -0.05) is 39.0 Å². The Balaban J connectivity index is 1.39. The Hall–Kier alpha value is -2.41. The van der Waals surface area contributed by atoms with E-state index >= 15 is 0 Å². The highest BCUT2D eigenvalue weighted by Crippen LogP contribution is 2.22. The van der Waals surface area contributed by atoms with E-state index in [0.29, 0.717) is 24.9 Å². The van der Waals surface area contributed by atoms with Crippen molar-refractivity contribution in [3.05, 3.63) is 53.5 Å². The number of hydrogen-bond acceptors (Lipinski definition) is 4. The van der Waals surface area contributed by atoms with Crippen molar-refractivity contribution < 1.29 is 8.81 Å². The number of hydrogen-bond donors (Lipinski definition) is 2. The molecule has 0 radical (unpaired) electrons. The molecule has 164 valence electrons. The number of aromatic nitrogens is 1. The van der Waals surface area contributed by atoms with Gasteiger partial charge in [-0.3, -0.25) is 9.89 Å². The minimum atomic E-state index is -0.114. The summed E-state index contributed by atoms with van der Waals surface area (Å²) in [6.07, 6.45) is 3.97. The number of rotatable bonds is 6. The molecule has 1 aromatic heterocycles. The molecular weight excluding hydrogens is 381 g/mol. The van der Waals surface area contributed by atoms with Crippen molar-refractivity contribution in [2.75, 3.05) is 26.7 Å². The quantitative estimate of drug-likeness (QED) is 0.556. The van der Waals surface area contributed by atoms with Crippen LogP contribution in [-0.4, -0.2) is 42.5 Å². The summed E-state index contributed by atoms with van der Waals surface area (Å²) in [6, 6.07) is 7.04. The van der Waals surface area contributed by atoms with Crippen molar-refractivity contribution in [1.82, 2.24) is 20.5 Å². The van der Waals surface area contributed by atoms with Crippen LogP contribution >= 0.6 is 0 Å². The number of oxazole rings is 1. The van der Waals surface area contributed by atoms with Gasteiger partial charge in [0.1, 0.15) is 11.6 Å². The normalized spacial score (nSPS) is 16.6. The molecule has 0 aliphatic carbocycles. The molecule has 2 N–H and O–H groups in total. The second-order valence-electron chi connectivity index (χ2n) is 8.99. The second kappa shape index (κ2) is 10.1. The summed E-state index contributed by atoms with van der Waals surface area (Å²) in [5.41, 5.74) is 0.728. The van der Waals surface area contributed by atoms with Gasteiger partial charge < -0.3 is 15.1 Å². The van der Waals surface area contributed by atoms with E-state index in [4.69, 9.17) is 4.42 Å². The lowest BCUT2D eigenvalue weighted by Crippen LogP contribution is -2.42. The average Bonchev–Trinajstić information content (AvgIpc) is 3.21. The molecule has 2 aromatic rings. The maximum Gasteiger partial charge on any atom is 0.213 e. The Morgan fingerprint density at radius 1 is 1.23 bits per heavy atom. The van der Waals surface area contributed by atoms with Crippen LogP contribution < -0.4 is 10.6 Å². The standard InChI is InChI=1S/C23H34FN5O/c1-23(2,3)20-14-26-21(30-20)15-28-22(25-4)27-13-17-9-11-29(12-10-17)16-18-7-5-6-8-19(18)24/h5-8,14,17H,9-13,15-16H2,1-4H3,(H2,25,27,28). The summed E-state index contributed by atoms with van der Waals surface area (Å²) in [4.78, 5) is 11.0. The van der Waals surface area contributed by atoms with Crippen molar-refractivity contribution in [3.8, 4) is 0 Å². The Morgan fingerprint density at radius 3 is 2.60 bits per heavy atom. The van der Waals surface area contributed by atoms with Crippen molar-refractivity contribution >= 4 is 5.96 Å². The molecule has 6 nitrogen and oxygen atoms in total. The molecule has 2 heterocycles. The van der Waals surface area contributed by atoms with E-state index in [2.05, 4.69) is 46.3 Å². The second-order valence-corrected chi connectivity index (χ2v) is 8.99. The monoisotopic (exact) mass is 415 g/mol. The molecule has 0 bridgehead atoms. The molecule has 1 aliphatic rings. The van der Waals surface area contributed by atoms with Gasteiger partial charge in [-0.2, -0.15) is 0 Å². The number of likely N-dealkylation sites (tertiary alicyclic amines) is 1. The molecule has 0 spiro atoms.